The lowest BCUT2D eigenvalue weighted by Crippen LogP contribution is -2.64. The summed E-state index contributed by atoms with van der Waals surface area (Å²) < 4.78 is 28.6. The topological polar surface area (TPSA) is 83.5 Å². The summed E-state index contributed by atoms with van der Waals surface area (Å²) in [6, 6.07) is 6.80. The molecule has 1 aromatic rings. The maximum atomic E-state index is 12.8. The highest BCUT2D eigenvalue weighted by Gasteiger charge is 2.61. The lowest BCUT2D eigenvalue weighted by atomic mass is 9.47. The van der Waals surface area contributed by atoms with Crippen molar-refractivity contribution in [2.45, 2.75) is 55.9 Å². The third kappa shape index (κ3) is 2.47. The van der Waals surface area contributed by atoms with E-state index in [4.69, 9.17) is 0 Å². The van der Waals surface area contributed by atoms with Gasteiger partial charge in [0.05, 0.1) is 10.3 Å². The second kappa shape index (κ2) is 5.05. The van der Waals surface area contributed by atoms with E-state index in [2.05, 4.69) is 4.72 Å². The fourth-order valence-corrected chi connectivity index (χ4v) is 7.11. The van der Waals surface area contributed by atoms with Crippen LogP contribution in [0, 0.1) is 24.2 Å². The van der Waals surface area contributed by atoms with Gasteiger partial charge in [-0.3, -0.25) is 4.79 Å². The molecule has 4 bridgehead atoms. The van der Waals surface area contributed by atoms with Gasteiger partial charge in [0.1, 0.15) is 0 Å². The molecular weight excluding hydrogens is 326 g/mol. The van der Waals surface area contributed by atoms with Crippen LogP contribution in [0.4, 0.5) is 0 Å². The van der Waals surface area contributed by atoms with E-state index in [9.17, 15) is 18.3 Å². The number of carboxylic acids is 1. The third-order valence-electron chi connectivity index (χ3n) is 6.20. The van der Waals surface area contributed by atoms with Crippen molar-refractivity contribution in [1.29, 1.82) is 0 Å². The first-order valence-electron chi connectivity index (χ1n) is 8.56. The maximum Gasteiger partial charge on any atom is 0.309 e. The van der Waals surface area contributed by atoms with Crippen LogP contribution in [0.25, 0.3) is 0 Å². The molecule has 24 heavy (non-hydrogen) atoms. The fraction of sp³-hybridized carbons (Fsp3) is 0.611. The monoisotopic (exact) mass is 349 g/mol. The first kappa shape index (κ1) is 16.1. The van der Waals surface area contributed by atoms with Crippen LogP contribution in [0.3, 0.4) is 0 Å². The number of nitrogens with one attached hydrogen (secondary N) is 1. The third-order valence-corrected chi connectivity index (χ3v) is 7.79. The SMILES string of the molecule is Cc1ccc(S(=O)(=O)NC23CC4CC(C2)CC(C(=O)O)(C4)C3)cc1. The predicted octanol–water partition coefficient (Wildman–Crippen LogP) is 2.70. The highest BCUT2D eigenvalue weighted by Crippen LogP contribution is 2.61. The van der Waals surface area contributed by atoms with Gasteiger partial charge in [-0.25, -0.2) is 13.1 Å². The summed E-state index contributed by atoms with van der Waals surface area (Å²) in [5, 5.41) is 9.76. The van der Waals surface area contributed by atoms with E-state index in [1.54, 1.807) is 24.3 Å². The van der Waals surface area contributed by atoms with Crippen molar-refractivity contribution >= 4 is 16.0 Å². The molecule has 2 N–H and O–H groups in total. The van der Waals surface area contributed by atoms with Gasteiger partial charge < -0.3 is 5.11 Å². The predicted molar refractivity (Wildman–Crippen MR) is 89.0 cm³/mol. The molecule has 0 amide bonds. The molecule has 0 heterocycles. The number of aliphatic carboxylic acids is 1. The smallest absolute Gasteiger partial charge is 0.309 e. The number of sulfonamides is 1. The number of aryl methyl sites for hydroxylation is 1. The van der Waals surface area contributed by atoms with Crippen LogP contribution in [-0.2, 0) is 14.8 Å². The molecule has 5 rings (SSSR count). The Bertz CT molecular complexity index is 770. The number of benzene rings is 1. The van der Waals surface area contributed by atoms with Gasteiger partial charge in [0, 0.05) is 5.54 Å². The molecule has 0 radical (unpaired) electrons. The van der Waals surface area contributed by atoms with Gasteiger partial charge in [0.25, 0.3) is 0 Å². The van der Waals surface area contributed by atoms with Gasteiger partial charge >= 0.3 is 5.97 Å². The highest BCUT2D eigenvalue weighted by molar-refractivity contribution is 7.89. The molecular formula is C18H23NO4S. The number of rotatable bonds is 4. The minimum atomic E-state index is -3.63. The van der Waals surface area contributed by atoms with Crippen molar-refractivity contribution in [3.63, 3.8) is 0 Å². The first-order valence-corrected chi connectivity index (χ1v) is 10.0. The van der Waals surface area contributed by atoms with Crippen molar-refractivity contribution in [2.75, 3.05) is 0 Å². The Morgan fingerprint density at radius 3 is 2.25 bits per heavy atom. The van der Waals surface area contributed by atoms with E-state index in [1.165, 1.54) is 0 Å². The molecule has 1 aromatic carbocycles. The van der Waals surface area contributed by atoms with Gasteiger partial charge in [-0.15, -0.1) is 0 Å². The number of hydrogen-bond donors (Lipinski definition) is 2. The zero-order chi connectivity index (χ0) is 17.2. The highest BCUT2D eigenvalue weighted by atomic mass is 32.2. The Morgan fingerprint density at radius 2 is 1.71 bits per heavy atom. The lowest BCUT2D eigenvalue weighted by Gasteiger charge is -2.60. The second-order valence-corrected chi connectivity index (χ2v) is 9.93. The second-order valence-electron chi connectivity index (χ2n) is 8.25. The average Bonchev–Trinajstić information content (AvgIpc) is 2.44. The van der Waals surface area contributed by atoms with Gasteiger partial charge in [0.2, 0.25) is 10.0 Å². The van der Waals surface area contributed by atoms with E-state index < -0.39 is 26.9 Å². The standard InChI is InChI=1S/C18H23NO4S/c1-12-2-4-15(5-3-12)24(22,23)19-18-9-13-6-14(10-18)8-17(7-13,11-18)16(20)21/h2-5,13-14,19H,6-11H2,1H3,(H,20,21). The molecule has 0 aromatic heterocycles. The Labute approximate surface area is 142 Å². The largest absolute Gasteiger partial charge is 0.481 e. The molecule has 4 aliphatic rings. The van der Waals surface area contributed by atoms with Crippen LogP contribution in [0.1, 0.15) is 44.1 Å². The Balaban J connectivity index is 1.66. The zero-order valence-corrected chi connectivity index (χ0v) is 14.6. The molecule has 4 saturated carbocycles. The number of hydrogen-bond acceptors (Lipinski definition) is 3. The van der Waals surface area contributed by atoms with Crippen molar-refractivity contribution in [3.05, 3.63) is 29.8 Å². The van der Waals surface area contributed by atoms with E-state index in [1.807, 2.05) is 6.92 Å². The fourth-order valence-electron chi connectivity index (χ4n) is 5.69. The molecule has 5 nitrogen and oxygen atoms in total. The molecule has 130 valence electrons. The summed E-state index contributed by atoms with van der Waals surface area (Å²) in [6.07, 6.45) is 4.41. The minimum Gasteiger partial charge on any atom is -0.481 e. The Hall–Kier alpha value is -1.40. The van der Waals surface area contributed by atoms with E-state index in [0.717, 1.165) is 24.8 Å². The maximum absolute atomic E-state index is 12.8. The average molecular weight is 349 g/mol. The summed E-state index contributed by atoms with van der Waals surface area (Å²) in [4.78, 5) is 12.1. The summed E-state index contributed by atoms with van der Waals surface area (Å²) in [6.45, 7) is 1.92. The quantitative estimate of drug-likeness (QED) is 0.875. The molecule has 4 aliphatic carbocycles. The van der Waals surface area contributed by atoms with Crippen molar-refractivity contribution in [2.24, 2.45) is 17.3 Å². The van der Waals surface area contributed by atoms with E-state index in [0.29, 0.717) is 31.1 Å². The number of carboxylic acid groups (broad SMARTS) is 1. The molecule has 2 atom stereocenters. The minimum absolute atomic E-state index is 0.258. The van der Waals surface area contributed by atoms with Crippen LogP contribution in [0.5, 0.6) is 0 Å². The summed E-state index contributed by atoms with van der Waals surface area (Å²) in [5.41, 5.74) is -0.319. The number of carbonyl (C=O) groups is 1. The van der Waals surface area contributed by atoms with Crippen LogP contribution in [0.15, 0.2) is 29.2 Å². The molecule has 0 saturated heterocycles. The van der Waals surface area contributed by atoms with Crippen molar-refractivity contribution < 1.29 is 18.3 Å². The summed E-state index contributed by atoms with van der Waals surface area (Å²) >= 11 is 0. The van der Waals surface area contributed by atoms with Crippen LogP contribution in [-0.4, -0.2) is 25.0 Å². The molecule has 0 aliphatic heterocycles. The van der Waals surface area contributed by atoms with Gasteiger partial charge in [-0.2, -0.15) is 0 Å². The lowest BCUT2D eigenvalue weighted by molar-refractivity contribution is -0.167. The Kier molecular flexibility index (Phi) is 3.39. The van der Waals surface area contributed by atoms with Crippen LogP contribution >= 0.6 is 0 Å². The zero-order valence-electron chi connectivity index (χ0n) is 13.8. The van der Waals surface area contributed by atoms with Crippen molar-refractivity contribution in [3.8, 4) is 0 Å². The normalized spacial score (nSPS) is 37.5. The molecule has 0 spiro atoms. The van der Waals surface area contributed by atoms with Crippen molar-refractivity contribution in [1.82, 2.24) is 4.72 Å². The Morgan fingerprint density at radius 1 is 1.12 bits per heavy atom. The summed E-state index contributed by atoms with van der Waals surface area (Å²) in [5.74, 6) is -0.110. The van der Waals surface area contributed by atoms with Gasteiger partial charge in [0.15, 0.2) is 0 Å². The van der Waals surface area contributed by atoms with E-state index in [-0.39, 0.29) is 4.90 Å². The molecule has 6 heteroatoms. The summed E-state index contributed by atoms with van der Waals surface area (Å²) in [7, 11) is -3.63. The van der Waals surface area contributed by atoms with Gasteiger partial charge in [-0.05, 0) is 69.4 Å². The van der Waals surface area contributed by atoms with E-state index >= 15 is 0 Å². The van der Waals surface area contributed by atoms with Crippen LogP contribution < -0.4 is 4.72 Å². The van der Waals surface area contributed by atoms with Gasteiger partial charge in [-0.1, -0.05) is 17.7 Å². The van der Waals surface area contributed by atoms with Crippen LogP contribution in [0.2, 0.25) is 0 Å². The molecule has 4 fully saturated rings. The molecule has 2 unspecified atom stereocenters. The first-order chi connectivity index (χ1) is 11.2.